The Hall–Kier alpha value is -1.40. The summed E-state index contributed by atoms with van der Waals surface area (Å²) < 4.78 is 5.54. The molecule has 0 spiro atoms. The Labute approximate surface area is 167 Å². The molecule has 0 radical (unpaired) electrons. The SMILES string of the molecule is c1csc([C@H](CNCc2ccc(N3CCCCC3)cc2)N2CCOCC2)c1. The quantitative estimate of drug-likeness (QED) is 0.782. The largest absolute Gasteiger partial charge is 0.379 e. The fourth-order valence-electron chi connectivity index (χ4n) is 4.11. The summed E-state index contributed by atoms with van der Waals surface area (Å²) in [6, 6.07) is 14.0. The maximum atomic E-state index is 5.54. The van der Waals surface area contributed by atoms with Gasteiger partial charge in [-0.3, -0.25) is 4.90 Å². The number of nitrogens with zero attached hydrogens (tertiary/aromatic N) is 2. The van der Waals surface area contributed by atoms with E-state index in [1.807, 2.05) is 11.3 Å². The van der Waals surface area contributed by atoms with E-state index in [1.165, 1.54) is 48.5 Å². The molecular formula is C22H31N3OS. The van der Waals surface area contributed by atoms with Gasteiger partial charge in [0.25, 0.3) is 0 Å². The van der Waals surface area contributed by atoms with Gasteiger partial charge in [-0.15, -0.1) is 11.3 Å². The van der Waals surface area contributed by atoms with Crippen molar-refractivity contribution in [2.45, 2.75) is 31.8 Å². The van der Waals surface area contributed by atoms with E-state index in [0.717, 1.165) is 39.4 Å². The van der Waals surface area contributed by atoms with Gasteiger partial charge in [0.15, 0.2) is 0 Å². The monoisotopic (exact) mass is 385 g/mol. The number of hydrogen-bond acceptors (Lipinski definition) is 5. The topological polar surface area (TPSA) is 27.7 Å². The summed E-state index contributed by atoms with van der Waals surface area (Å²) in [4.78, 5) is 6.53. The summed E-state index contributed by atoms with van der Waals surface area (Å²) in [6.45, 7) is 8.06. The molecule has 4 rings (SSSR count). The fraction of sp³-hybridized carbons (Fsp3) is 0.545. The molecule has 0 saturated carbocycles. The minimum absolute atomic E-state index is 0.446. The molecule has 0 aliphatic carbocycles. The lowest BCUT2D eigenvalue weighted by Gasteiger charge is -2.34. The normalized spacial score (nSPS) is 19.9. The molecule has 1 atom stereocenters. The highest BCUT2D eigenvalue weighted by molar-refractivity contribution is 7.10. The van der Waals surface area contributed by atoms with Gasteiger partial charge >= 0.3 is 0 Å². The lowest BCUT2D eigenvalue weighted by molar-refractivity contribution is 0.0168. The first kappa shape index (κ1) is 18.9. The van der Waals surface area contributed by atoms with Crippen LogP contribution >= 0.6 is 11.3 Å². The Morgan fingerprint density at radius 3 is 2.44 bits per heavy atom. The minimum atomic E-state index is 0.446. The van der Waals surface area contributed by atoms with Crippen LogP contribution in [-0.2, 0) is 11.3 Å². The van der Waals surface area contributed by atoms with E-state index in [4.69, 9.17) is 4.74 Å². The van der Waals surface area contributed by atoms with Crippen molar-refractivity contribution >= 4 is 17.0 Å². The predicted octanol–water partition coefficient (Wildman–Crippen LogP) is 3.90. The molecule has 0 bridgehead atoms. The van der Waals surface area contributed by atoms with Crippen LogP contribution in [0.3, 0.4) is 0 Å². The summed E-state index contributed by atoms with van der Waals surface area (Å²) in [5, 5.41) is 5.88. The Bertz CT molecular complexity index is 661. The van der Waals surface area contributed by atoms with Gasteiger partial charge in [0.1, 0.15) is 0 Å². The van der Waals surface area contributed by atoms with Crippen LogP contribution in [0.15, 0.2) is 41.8 Å². The van der Waals surface area contributed by atoms with Gasteiger partial charge in [0.05, 0.1) is 19.3 Å². The Morgan fingerprint density at radius 1 is 0.963 bits per heavy atom. The van der Waals surface area contributed by atoms with Crippen molar-refractivity contribution in [3.05, 3.63) is 52.2 Å². The summed E-state index contributed by atoms with van der Waals surface area (Å²) in [5.74, 6) is 0. The highest BCUT2D eigenvalue weighted by Crippen LogP contribution is 2.25. The van der Waals surface area contributed by atoms with E-state index in [1.54, 1.807) is 0 Å². The minimum Gasteiger partial charge on any atom is -0.379 e. The van der Waals surface area contributed by atoms with Crippen LogP contribution in [0, 0.1) is 0 Å². The van der Waals surface area contributed by atoms with E-state index in [2.05, 4.69) is 56.9 Å². The lowest BCUT2D eigenvalue weighted by atomic mass is 10.1. The number of piperidine rings is 1. The van der Waals surface area contributed by atoms with E-state index in [0.29, 0.717) is 6.04 Å². The first-order valence-corrected chi connectivity index (χ1v) is 11.2. The summed E-state index contributed by atoms with van der Waals surface area (Å²) in [5.41, 5.74) is 2.74. The van der Waals surface area contributed by atoms with Crippen molar-refractivity contribution in [2.75, 3.05) is 50.8 Å². The first-order chi connectivity index (χ1) is 13.4. The molecular weight excluding hydrogens is 354 g/mol. The lowest BCUT2D eigenvalue weighted by Crippen LogP contribution is -2.42. The number of rotatable bonds is 7. The molecule has 1 aromatic heterocycles. The molecule has 3 heterocycles. The fourth-order valence-corrected chi connectivity index (χ4v) is 4.97. The van der Waals surface area contributed by atoms with Crippen molar-refractivity contribution in [3.63, 3.8) is 0 Å². The molecule has 2 aliphatic heterocycles. The zero-order valence-corrected chi connectivity index (χ0v) is 16.9. The average molecular weight is 386 g/mol. The Morgan fingerprint density at radius 2 is 1.74 bits per heavy atom. The van der Waals surface area contributed by atoms with E-state index in [-0.39, 0.29) is 0 Å². The Balaban J connectivity index is 1.31. The van der Waals surface area contributed by atoms with Gasteiger partial charge < -0.3 is 15.0 Å². The van der Waals surface area contributed by atoms with Crippen molar-refractivity contribution in [1.82, 2.24) is 10.2 Å². The number of hydrogen-bond donors (Lipinski definition) is 1. The van der Waals surface area contributed by atoms with Gasteiger partial charge in [-0.25, -0.2) is 0 Å². The molecule has 0 amide bonds. The maximum absolute atomic E-state index is 5.54. The van der Waals surface area contributed by atoms with Gasteiger partial charge in [0, 0.05) is 49.8 Å². The van der Waals surface area contributed by atoms with E-state index < -0.39 is 0 Å². The molecule has 4 nitrogen and oxygen atoms in total. The van der Waals surface area contributed by atoms with E-state index >= 15 is 0 Å². The Kier molecular flexibility index (Phi) is 6.80. The maximum Gasteiger partial charge on any atom is 0.0594 e. The average Bonchev–Trinajstić information content (AvgIpc) is 3.27. The first-order valence-electron chi connectivity index (χ1n) is 10.3. The number of nitrogens with one attached hydrogen (secondary N) is 1. The van der Waals surface area contributed by atoms with Gasteiger partial charge in [-0.05, 0) is 48.4 Å². The van der Waals surface area contributed by atoms with Crippen LogP contribution in [0.1, 0.15) is 35.7 Å². The van der Waals surface area contributed by atoms with Gasteiger partial charge in [-0.2, -0.15) is 0 Å². The van der Waals surface area contributed by atoms with Crippen molar-refractivity contribution in [3.8, 4) is 0 Å². The standard InChI is InChI=1S/C22H31N3OS/c1-2-10-24(11-3-1)20-8-6-19(7-9-20)17-23-18-21(22-5-4-16-27-22)25-12-14-26-15-13-25/h4-9,16,21,23H,1-3,10-15,17-18H2/t21-/m0/s1. The molecule has 2 saturated heterocycles. The molecule has 1 N–H and O–H groups in total. The predicted molar refractivity (Wildman–Crippen MR) is 114 cm³/mol. The number of ether oxygens (including phenoxy) is 1. The molecule has 2 fully saturated rings. The highest BCUT2D eigenvalue weighted by atomic mass is 32.1. The van der Waals surface area contributed by atoms with Crippen molar-refractivity contribution in [2.24, 2.45) is 0 Å². The number of benzene rings is 1. The van der Waals surface area contributed by atoms with Gasteiger partial charge in [-0.1, -0.05) is 18.2 Å². The van der Waals surface area contributed by atoms with Crippen LogP contribution in [0.25, 0.3) is 0 Å². The molecule has 0 unspecified atom stereocenters. The second kappa shape index (κ2) is 9.69. The number of anilines is 1. The third-order valence-electron chi connectivity index (χ3n) is 5.68. The van der Waals surface area contributed by atoms with E-state index in [9.17, 15) is 0 Å². The summed E-state index contributed by atoms with van der Waals surface area (Å²) >= 11 is 1.86. The molecule has 27 heavy (non-hydrogen) atoms. The van der Waals surface area contributed by atoms with Crippen LogP contribution in [0.5, 0.6) is 0 Å². The third-order valence-corrected chi connectivity index (χ3v) is 6.66. The zero-order valence-electron chi connectivity index (χ0n) is 16.1. The van der Waals surface area contributed by atoms with Gasteiger partial charge in [0.2, 0.25) is 0 Å². The number of thiophene rings is 1. The van der Waals surface area contributed by atoms with Crippen LogP contribution in [0.4, 0.5) is 5.69 Å². The zero-order chi connectivity index (χ0) is 18.3. The van der Waals surface area contributed by atoms with Crippen LogP contribution in [-0.4, -0.2) is 50.8 Å². The second-order valence-corrected chi connectivity index (χ2v) is 8.50. The van der Waals surface area contributed by atoms with Crippen molar-refractivity contribution in [1.29, 1.82) is 0 Å². The van der Waals surface area contributed by atoms with Crippen LogP contribution < -0.4 is 10.2 Å². The molecule has 2 aliphatic rings. The molecule has 5 heteroatoms. The summed E-state index contributed by atoms with van der Waals surface area (Å²) in [7, 11) is 0. The second-order valence-electron chi connectivity index (χ2n) is 7.52. The number of morpholine rings is 1. The molecule has 1 aromatic carbocycles. The highest BCUT2D eigenvalue weighted by Gasteiger charge is 2.23. The molecule has 146 valence electrons. The smallest absolute Gasteiger partial charge is 0.0594 e. The summed E-state index contributed by atoms with van der Waals surface area (Å²) in [6.07, 6.45) is 4.04. The molecule has 2 aromatic rings. The van der Waals surface area contributed by atoms with Crippen LogP contribution in [0.2, 0.25) is 0 Å². The third kappa shape index (κ3) is 5.11. The van der Waals surface area contributed by atoms with Crippen molar-refractivity contribution < 1.29 is 4.74 Å².